The van der Waals surface area contributed by atoms with Crippen LogP contribution in [0.1, 0.15) is 79.1 Å². The lowest BCUT2D eigenvalue weighted by Crippen LogP contribution is -2.10. The molecule has 0 aliphatic rings. The number of fused-ring (bicyclic) bond motifs is 11. The van der Waals surface area contributed by atoms with Crippen molar-refractivity contribution in [3.8, 4) is 51.0 Å². The molecule has 0 N–H and O–H groups in total. The highest BCUT2D eigenvalue weighted by atomic mass is 15.2. The van der Waals surface area contributed by atoms with E-state index in [4.69, 9.17) is 15.0 Å². The molecular weight excluding hydrogens is 985 g/mol. The van der Waals surface area contributed by atoms with Gasteiger partial charge in [0.25, 0.3) is 0 Å². The lowest BCUT2D eigenvalue weighted by Gasteiger charge is -2.17. The zero-order chi connectivity index (χ0) is 54.6. The van der Waals surface area contributed by atoms with Crippen LogP contribution < -0.4 is 0 Å². The summed E-state index contributed by atoms with van der Waals surface area (Å²) in [4.78, 5) is 16.4. The van der Waals surface area contributed by atoms with Gasteiger partial charge in [-0.2, -0.15) is 9.97 Å². The van der Waals surface area contributed by atoms with E-state index in [1.807, 2.05) is 0 Å². The number of para-hydroxylation sites is 2. The van der Waals surface area contributed by atoms with Crippen molar-refractivity contribution in [1.82, 2.24) is 28.7 Å². The van der Waals surface area contributed by atoms with Gasteiger partial charge in [0.05, 0.1) is 11.0 Å². The molecule has 14 rings (SSSR count). The molecule has 0 bridgehead atoms. The van der Waals surface area contributed by atoms with E-state index in [1.165, 1.54) is 117 Å². The van der Waals surface area contributed by atoms with Crippen molar-refractivity contribution < 1.29 is 0 Å². The summed E-state index contributed by atoms with van der Waals surface area (Å²) < 4.78 is 7.46. The van der Waals surface area contributed by atoms with E-state index in [0.717, 1.165) is 67.6 Å². The van der Waals surface area contributed by atoms with Crippen LogP contribution in [0, 0.1) is 11.8 Å². The molecule has 0 spiro atoms. The Hall–Kier alpha value is -8.87. The molecule has 0 fully saturated rings. The van der Waals surface area contributed by atoms with Crippen molar-refractivity contribution in [2.45, 2.75) is 92.2 Å². The van der Waals surface area contributed by atoms with Gasteiger partial charge in [-0.05, 0) is 129 Å². The number of aromatic nitrogens is 6. The second kappa shape index (κ2) is 21.3. The molecule has 2 atom stereocenters. The minimum Gasteiger partial charge on any atom is -0.340 e. The van der Waals surface area contributed by atoms with Crippen molar-refractivity contribution >= 4 is 87.0 Å². The van der Waals surface area contributed by atoms with Gasteiger partial charge in [0.1, 0.15) is 0 Å². The van der Waals surface area contributed by atoms with Gasteiger partial charge in [-0.25, -0.2) is 4.98 Å². The van der Waals surface area contributed by atoms with E-state index in [9.17, 15) is 0 Å². The molecule has 6 nitrogen and oxygen atoms in total. The smallest absolute Gasteiger partial charge is 0.238 e. The molecule has 4 aromatic heterocycles. The molecule has 4 heterocycles. The average molecular weight is 1050 g/mol. The Labute approximate surface area is 474 Å². The lowest BCUT2D eigenvalue weighted by atomic mass is 9.98. The van der Waals surface area contributed by atoms with Crippen LogP contribution in [0.3, 0.4) is 0 Å². The molecule has 10 aromatic carbocycles. The number of unbranched alkanes of at least 4 members (excludes halogenated alkanes) is 2. The van der Waals surface area contributed by atoms with Gasteiger partial charge in [0.2, 0.25) is 5.95 Å². The molecule has 0 aliphatic heterocycles. The maximum absolute atomic E-state index is 5.52. The lowest BCUT2D eigenvalue weighted by molar-refractivity contribution is 0.401. The summed E-state index contributed by atoms with van der Waals surface area (Å²) in [5, 5.41) is 12.0. The fraction of sp³-hybridized carbons (Fsp3) is 0.213. The zero-order valence-corrected chi connectivity index (χ0v) is 47.0. The largest absolute Gasteiger partial charge is 0.340 e. The van der Waals surface area contributed by atoms with Crippen LogP contribution in [-0.2, 0) is 13.1 Å². The van der Waals surface area contributed by atoms with Crippen molar-refractivity contribution in [1.29, 1.82) is 0 Å². The molecule has 0 aliphatic carbocycles. The van der Waals surface area contributed by atoms with E-state index in [0.29, 0.717) is 29.4 Å². The average Bonchev–Trinajstić information content (AvgIpc) is 4.22. The Morgan fingerprint density at radius 2 is 0.691 bits per heavy atom. The topological polar surface area (TPSA) is 53.5 Å². The maximum Gasteiger partial charge on any atom is 0.238 e. The third-order valence-corrected chi connectivity index (χ3v) is 17.8. The van der Waals surface area contributed by atoms with Gasteiger partial charge in [0, 0.05) is 78.6 Å². The fourth-order valence-electron chi connectivity index (χ4n) is 13.4. The monoisotopic (exact) mass is 1050 g/mol. The minimum atomic E-state index is 0.577. The Morgan fingerprint density at radius 1 is 0.333 bits per heavy atom. The third-order valence-electron chi connectivity index (χ3n) is 17.8. The summed E-state index contributed by atoms with van der Waals surface area (Å²) in [5.41, 5.74) is 14.0. The first-order valence-electron chi connectivity index (χ1n) is 29.8. The van der Waals surface area contributed by atoms with Crippen molar-refractivity contribution in [2.24, 2.45) is 11.8 Å². The highest BCUT2D eigenvalue weighted by molar-refractivity contribution is 6.14. The van der Waals surface area contributed by atoms with E-state index < -0.39 is 0 Å². The molecule has 0 radical (unpaired) electrons. The summed E-state index contributed by atoms with van der Waals surface area (Å²) in [7, 11) is 0. The first kappa shape index (κ1) is 50.4. The standard InChI is InChI=1S/C75H68N6/c1-5-9-21-49(7-3)47-79-67-33-17-15-29-59(67)63-43-53(35-39-69(63)79)55-37-41-71-65(45-55)66-46-56(54-36-40-70-64(44-54)60-30-16-18-34-68(60)80(70)48-50(8-4)22-10-6-2)38-42-72(66)81(71)75-77-73(61-31-19-25-51-23-11-13-27-57(51)61)76-74(78-75)62-32-20-26-52-24-12-14-28-58(52)62/h11-20,23-46,49-50H,5-10,21-22,47-48H2,1-4H3. The molecule has 0 saturated heterocycles. The van der Waals surface area contributed by atoms with Gasteiger partial charge >= 0.3 is 0 Å². The summed E-state index contributed by atoms with van der Waals surface area (Å²) in [6.45, 7) is 11.4. The fourth-order valence-corrected chi connectivity index (χ4v) is 13.4. The number of hydrogen-bond acceptors (Lipinski definition) is 3. The van der Waals surface area contributed by atoms with E-state index in [2.05, 4.69) is 248 Å². The Kier molecular flexibility index (Phi) is 13.2. The van der Waals surface area contributed by atoms with Gasteiger partial charge in [0.15, 0.2) is 11.6 Å². The van der Waals surface area contributed by atoms with Crippen molar-refractivity contribution in [3.05, 3.63) is 206 Å². The van der Waals surface area contributed by atoms with Crippen LogP contribution in [0.5, 0.6) is 0 Å². The molecule has 81 heavy (non-hydrogen) atoms. The van der Waals surface area contributed by atoms with Gasteiger partial charge in [-0.15, -0.1) is 0 Å². The number of hydrogen-bond donors (Lipinski definition) is 0. The molecular formula is C75H68N6. The third kappa shape index (κ3) is 8.93. The second-order valence-electron chi connectivity index (χ2n) is 22.7. The van der Waals surface area contributed by atoms with Crippen molar-refractivity contribution in [2.75, 3.05) is 0 Å². The molecule has 0 saturated carbocycles. The summed E-state index contributed by atoms with van der Waals surface area (Å²) in [6, 6.07) is 76.2. The number of rotatable bonds is 17. The van der Waals surface area contributed by atoms with Crippen LogP contribution in [-0.4, -0.2) is 28.7 Å². The summed E-state index contributed by atoms with van der Waals surface area (Å²) in [5.74, 6) is 3.12. The van der Waals surface area contributed by atoms with Gasteiger partial charge < -0.3 is 9.13 Å². The van der Waals surface area contributed by atoms with Crippen LogP contribution in [0.25, 0.3) is 138 Å². The normalized spacial score (nSPS) is 12.8. The van der Waals surface area contributed by atoms with Crippen LogP contribution in [0.4, 0.5) is 0 Å². The Balaban J connectivity index is 0.981. The first-order chi connectivity index (χ1) is 40.0. The Bertz CT molecular complexity index is 4380. The van der Waals surface area contributed by atoms with E-state index >= 15 is 0 Å². The highest BCUT2D eigenvalue weighted by Crippen LogP contribution is 2.42. The summed E-state index contributed by atoms with van der Waals surface area (Å²) >= 11 is 0. The molecule has 6 heteroatoms. The molecule has 14 aromatic rings. The van der Waals surface area contributed by atoms with E-state index in [1.54, 1.807) is 0 Å². The molecule has 398 valence electrons. The van der Waals surface area contributed by atoms with Gasteiger partial charge in [-0.1, -0.05) is 212 Å². The SMILES string of the molecule is CCCCC(CC)Cn1c2ccccc2c2cc(-c3ccc4c(c3)c3cc(-c5ccc6c(c5)c5ccccc5n6CC(CC)CCCC)ccc3n4-c3nc(-c4cccc5ccccc45)nc(-c4cccc5ccccc45)n3)ccc21. The predicted octanol–water partition coefficient (Wildman–Crippen LogP) is 20.6. The molecule has 2 unspecified atom stereocenters. The maximum atomic E-state index is 5.52. The minimum absolute atomic E-state index is 0.577. The van der Waals surface area contributed by atoms with Crippen LogP contribution >= 0.6 is 0 Å². The second-order valence-corrected chi connectivity index (χ2v) is 22.7. The number of nitrogens with zero attached hydrogens (tertiary/aromatic N) is 6. The van der Waals surface area contributed by atoms with Gasteiger partial charge in [-0.3, -0.25) is 4.57 Å². The molecule has 0 amide bonds. The first-order valence-corrected chi connectivity index (χ1v) is 29.8. The Morgan fingerprint density at radius 3 is 1.11 bits per heavy atom. The van der Waals surface area contributed by atoms with Crippen LogP contribution in [0.15, 0.2) is 206 Å². The summed E-state index contributed by atoms with van der Waals surface area (Å²) in [6.07, 6.45) is 9.86. The van der Waals surface area contributed by atoms with E-state index in [-0.39, 0.29) is 0 Å². The number of benzene rings is 10. The van der Waals surface area contributed by atoms with Crippen molar-refractivity contribution in [3.63, 3.8) is 0 Å². The zero-order valence-electron chi connectivity index (χ0n) is 47.0. The highest BCUT2D eigenvalue weighted by Gasteiger charge is 2.23. The van der Waals surface area contributed by atoms with Crippen LogP contribution in [0.2, 0.25) is 0 Å². The predicted molar refractivity (Wildman–Crippen MR) is 344 cm³/mol. The quantitative estimate of drug-likeness (QED) is 0.0913.